The van der Waals surface area contributed by atoms with Crippen LogP contribution in [0.2, 0.25) is 0 Å². The minimum Gasteiger partial charge on any atom is -0.465 e. The molecule has 5 heteroatoms. The Morgan fingerprint density at radius 1 is 1.16 bits per heavy atom. The maximum atomic E-state index is 10.9. The first kappa shape index (κ1) is 12.5. The van der Waals surface area contributed by atoms with Gasteiger partial charge in [0, 0.05) is 11.3 Å². The molecule has 1 fully saturated rings. The molecule has 104 valence electrons. The Bertz CT molecular complexity index is 475. The molecule has 0 unspecified atom stereocenters. The molecule has 1 saturated carbocycles. The van der Waals surface area contributed by atoms with Gasteiger partial charge in [0.1, 0.15) is 0 Å². The lowest BCUT2D eigenvalue weighted by atomic mass is 9.93. The normalized spacial score (nSPS) is 20.0. The summed E-state index contributed by atoms with van der Waals surface area (Å²) in [6, 6.07) is 0.477. The van der Waals surface area contributed by atoms with Crippen LogP contribution in [0.15, 0.2) is 0 Å². The molecule has 0 atom stereocenters. The second-order valence-electron chi connectivity index (χ2n) is 5.65. The van der Waals surface area contributed by atoms with Crippen LogP contribution in [-0.2, 0) is 12.8 Å². The highest BCUT2D eigenvalue weighted by Crippen LogP contribution is 2.34. The van der Waals surface area contributed by atoms with E-state index in [0.717, 1.165) is 24.8 Å². The summed E-state index contributed by atoms with van der Waals surface area (Å²) in [5.74, 6) is 0.577. The smallest absolute Gasteiger partial charge is 0.410 e. The first-order valence-electron chi connectivity index (χ1n) is 7.36. The quantitative estimate of drug-likeness (QED) is 0.859. The standard InChI is InChI=1S/C14H21N3O2/c18-14(19)15-13-11-8-4-5-9-12(11)17(16-13)10-6-2-1-3-7-10/h10H,1-9H2,(H,15,16)(H,18,19). The molecule has 3 rings (SSSR count). The average molecular weight is 263 g/mol. The van der Waals surface area contributed by atoms with Crippen molar-refractivity contribution in [3.8, 4) is 0 Å². The van der Waals surface area contributed by atoms with Crippen molar-refractivity contribution in [3.63, 3.8) is 0 Å². The second kappa shape index (κ2) is 5.23. The molecular formula is C14H21N3O2. The number of carbonyl (C=O) groups is 1. The molecule has 0 saturated heterocycles. The highest BCUT2D eigenvalue weighted by molar-refractivity contribution is 5.82. The molecule has 0 bridgehead atoms. The van der Waals surface area contributed by atoms with Crippen molar-refractivity contribution in [2.75, 3.05) is 5.32 Å². The Morgan fingerprint density at radius 3 is 2.63 bits per heavy atom. The third-order valence-corrected chi connectivity index (χ3v) is 4.35. The van der Waals surface area contributed by atoms with E-state index in [1.54, 1.807) is 0 Å². The van der Waals surface area contributed by atoms with E-state index in [2.05, 4.69) is 15.1 Å². The first-order valence-corrected chi connectivity index (χ1v) is 7.36. The lowest BCUT2D eigenvalue weighted by Gasteiger charge is -2.25. The molecule has 0 spiro atoms. The molecule has 2 N–H and O–H groups in total. The number of anilines is 1. The molecule has 1 aromatic heterocycles. The van der Waals surface area contributed by atoms with Gasteiger partial charge in [-0.25, -0.2) is 4.79 Å². The minimum absolute atomic E-state index is 0.477. The van der Waals surface area contributed by atoms with Crippen molar-refractivity contribution < 1.29 is 9.90 Å². The average Bonchev–Trinajstić information content (AvgIpc) is 2.78. The highest BCUT2D eigenvalue weighted by atomic mass is 16.4. The fourth-order valence-electron chi connectivity index (χ4n) is 3.46. The van der Waals surface area contributed by atoms with Crippen LogP contribution in [0.1, 0.15) is 62.2 Å². The van der Waals surface area contributed by atoms with Gasteiger partial charge in [-0.3, -0.25) is 10.00 Å². The Balaban J connectivity index is 1.94. The largest absolute Gasteiger partial charge is 0.465 e. The van der Waals surface area contributed by atoms with E-state index in [9.17, 15) is 4.79 Å². The van der Waals surface area contributed by atoms with E-state index < -0.39 is 6.09 Å². The van der Waals surface area contributed by atoms with Gasteiger partial charge in [-0.1, -0.05) is 19.3 Å². The van der Waals surface area contributed by atoms with Gasteiger partial charge >= 0.3 is 6.09 Å². The summed E-state index contributed by atoms with van der Waals surface area (Å²) in [4.78, 5) is 10.9. The zero-order chi connectivity index (χ0) is 13.2. The van der Waals surface area contributed by atoms with Crippen molar-refractivity contribution in [2.24, 2.45) is 0 Å². The van der Waals surface area contributed by atoms with Crippen molar-refractivity contribution in [2.45, 2.75) is 63.8 Å². The zero-order valence-corrected chi connectivity index (χ0v) is 11.2. The van der Waals surface area contributed by atoms with Crippen LogP contribution in [0.4, 0.5) is 10.6 Å². The fourth-order valence-corrected chi connectivity index (χ4v) is 3.46. The molecule has 5 nitrogen and oxygen atoms in total. The molecule has 0 aromatic carbocycles. The molecule has 19 heavy (non-hydrogen) atoms. The van der Waals surface area contributed by atoms with Crippen LogP contribution < -0.4 is 5.32 Å². The van der Waals surface area contributed by atoms with Gasteiger partial charge in [0.15, 0.2) is 5.82 Å². The van der Waals surface area contributed by atoms with Crippen molar-refractivity contribution in [1.82, 2.24) is 9.78 Å². The van der Waals surface area contributed by atoms with E-state index in [4.69, 9.17) is 5.11 Å². The molecule has 1 heterocycles. The van der Waals surface area contributed by atoms with Gasteiger partial charge in [-0.2, -0.15) is 5.10 Å². The maximum Gasteiger partial charge on any atom is 0.410 e. The summed E-state index contributed by atoms with van der Waals surface area (Å²) >= 11 is 0. The lowest BCUT2D eigenvalue weighted by Crippen LogP contribution is -2.18. The number of carboxylic acid groups (broad SMARTS) is 1. The highest BCUT2D eigenvalue weighted by Gasteiger charge is 2.26. The SMILES string of the molecule is O=C(O)Nc1nn(C2CCCCC2)c2c1CCCC2. The Kier molecular flexibility index (Phi) is 3.44. The summed E-state index contributed by atoms with van der Waals surface area (Å²) < 4.78 is 2.14. The molecule has 2 aliphatic rings. The Hall–Kier alpha value is -1.52. The van der Waals surface area contributed by atoms with Gasteiger partial charge in [0.25, 0.3) is 0 Å². The second-order valence-corrected chi connectivity index (χ2v) is 5.65. The van der Waals surface area contributed by atoms with E-state index in [1.807, 2.05) is 0 Å². The molecule has 0 aliphatic heterocycles. The maximum absolute atomic E-state index is 10.9. The monoisotopic (exact) mass is 263 g/mol. The number of amides is 1. The van der Waals surface area contributed by atoms with Gasteiger partial charge in [0.2, 0.25) is 0 Å². The Labute approximate surface area is 113 Å². The predicted molar refractivity (Wildman–Crippen MR) is 72.6 cm³/mol. The van der Waals surface area contributed by atoms with E-state index in [0.29, 0.717) is 11.9 Å². The number of nitrogens with one attached hydrogen (secondary N) is 1. The van der Waals surface area contributed by atoms with Crippen molar-refractivity contribution >= 4 is 11.9 Å². The van der Waals surface area contributed by atoms with Crippen LogP contribution in [-0.4, -0.2) is 21.0 Å². The summed E-state index contributed by atoms with van der Waals surface area (Å²) in [6.07, 6.45) is 9.53. The van der Waals surface area contributed by atoms with E-state index in [1.165, 1.54) is 44.2 Å². The summed E-state index contributed by atoms with van der Waals surface area (Å²) in [5, 5.41) is 16.0. The topological polar surface area (TPSA) is 67.2 Å². The summed E-state index contributed by atoms with van der Waals surface area (Å²) in [5.41, 5.74) is 2.42. The van der Waals surface area contributed by atoms with Crippen LogP contribution >= 0.6 is 0 Å². The predicted octanol–water partition coefficient (Wildman–Crippen LogP) is 3.36. The van der Waals surface area contributed by atoms with Gasteiger partial charge in [-0.05, 0) is 38.5 Å². The summed E-state index contributed by atoms with van der Waals surface area (Å²) in [7, 11) is 0. The lowest BCUT2D eigenvalue weighted by molar-refractivity contribution is 0.209. The van der Waals surface area contributed by atoms with Crippen LogP contribution in [0.3, 0.4) is 0 Å². The summed E-state index contributed by atoms with van der Waals surface area (Å²) in [6.45, 7) is 0. The first-order chi connectivity index (χ1) is 9.25. The van der Waals surface area contributed by atoms with Crippen molar-refractivity contribution in [3.05, 3.63) is 11.3 Å². The third-order valence-electron chi connectivity index (χ3n) is 4.35. The van der Waals surface area contributed by atoms with Gasteiger partial charge < -0.3 is 5.11 Å². The number of fused-ring (bicyclic) bond motifs is 1. The molecule has 1 amide bonds. The van der Waals surface area contributed by atoms with Crippen LogP contribution in [0, 0.1) is 0 Å². The molecule has 2 aliphatic carbocycles. The number of aromatic nitrogens is 2. The van der Waals surface area contributed by atoms with E-state index in [-0.39, 0.29) is 0 Å². The van der Waals surface area contributed by atoms with Crippen LogP contribution in [0.5, 0.6) is 0 Å². The molecule has 0 radical (unpaired) electrons. The van der Waals surface area contributed by atoms with Gasteiger partial charge in [0.05, 0.1) is 6.04 Å². The number of hydrogen-bond donors (Lipinski definition) is 2. The fraction of sp³-hybridized carbons (Fsp3) is 0.714. The third kappa shape index (κ3) is 2.46. The molecular weight excluding hydrogens is 242 g/mol. The van der Waals surface area contributed by atoms with Crippen molar-refractivity contribution in [1.29, 1.82) is 0 Å². The number of hydrogen-bond acceptors (Lipinski definition) is 2. The number of nitrogens with zero attached hydrogens (tertiary/aromatic N) is 2. The molecule has 1 aromatic rings. The van der Waals surface area contributed by atoms with E-state index >= 15 is 0 Å². The number of rotatable bonds is 2. The van der Waals surface area contributed by atoms with Gasteiger partial charge in [-0.15, -0.1) is 0 Å². The minimum atomic E-state index is -1.01. The van der Waals surface area contributed by atoms with Crippen LogP contribution in [0.25, 0.3) is 0 Å². The zero-order valence-electron chi connectivity index (χ0n) is 11.2. The Morgan fingerprint density at radius 2 is 1.89 bits per heavy atom.